The van der Waals surface area contributed by atoms with E-state index < -0.39 is 0 Å². The van der Waals surface area contributed by atoms with E-state index in [0.717, 1.165) is 11.8 Å². The van der Waals surface area contributed by atoms with E-state index in [1.54, 1.807) is 16.7 Å². The van der Waals surface area contributed by atoms with Gasteiger partial charge in [0.2, 0.25) is 0 Å². The molecule has 1 aromatic carbocycles. The lowest BCUT2D eigenvalue weighted by Gasteiger charge is -2.27. The average Bonchev–Trinajstić information content (AvgIpc) is 3.04. The number of hydrogen-bond acceptors (Lipinski definition) is 1. The van der Waals surface area contributed by atoms with E-state index >= 15 is 0 Å². The van der Waals surface area contributed by atoms with E-state index in [-0.39, 0.29) is 0 Å². The highest BCUT2D eigenvalue weighted by atomic mass is 14.9. The molecule has 0 heterocycles. The van der Waals surface area contributed by atoms with Crippen LogP contribution in [0.2, 0.25) is 0 Å². The van der Waals surface area contributed by atoms with Crippen molar-refractivity contribution in [2.24, 2.45) is 11.8 Å². The fourth-order valence-corrected chi connectivity index (χ4v) is 4.25. The van der Waals surface area contributed by atoms with Crippen LogP contribution >= 0.6 is 0 Å². The summed E-state index contributed by atoms with van der Waals surface area (Å²) in [6, 6.07) is 7.89. The SMILES string of the molecule is CNC(Cc1ccc2c(c1)CCC2)C1CCCC1C. The normalized spacial score (nSPS) is 27.5. The van der Waals surface area contributed by atoms with Gasteiger partial charge in [0.1, 0.15) is 0 Å². The maximum absolute atomic E-state index is 3.59. The Hall–Kier alpha value is -0.820. The Kier molecular flexibility index (Phi) is 3.93. The van der Waals surface area contributed by atoms with Crippen molar-refractivity contribution < 1.29 is 0 Å². The lowest BCUT2D eigenvalue weighted by atomic mass is 9.86. The van der Waals surface area contributed by atoms with Crippen LogP contribution in [0.15, 0.2) is 18.2 Å². The van der Waals surface area contributed by atoms with Gasteiger partial charge in [0, 0.05) is 6.04 Å². The topological polar surface area (TPSA) is 12.0 Å². The molecule has 1 aromatic rings. The molecule has 3 atom stereocenters. The van der Waals surface area contributed by atoms with Gasteiger partial charge < -0.3 is 5.32 Å². The first-order valence-electron chi connectivity index (χ1n) is 8.06. The minimum atomic E-state index is 0.664. The van der Waals surface area contributed by atoms with Gasteiger partial charge in [0.05, 0.1) is 0 Å². The average molecular weight is 257 g/mol. The van der Waals surface area contributed by atoms with Crippen molar-refractivity contribution in [3.8, 4) is 0 Å². The van der Waals surface area contributed by atoms with Crippen LogP contribution in [0.5, 0.6) is 0 Å². The summed E-state index contributed by atoms with van der Waals surface area (Å²) in [6.07, 6.45) is 9.42. The monoisotopic (exact) mass is 257 g/mol. The van der Waals surface area contributed by atoms with Crippen LogP contribution in [0.4, 0.5) is 0 Å². The number of nitrogens with one attached hydrogen (secondary N) is 1. The summed E-state index contributed by atoms with van der Waals surface area (Å²) in [7, 11) is 2.14. The first-order valence-corrected chi connectivity index (χ1v) is 8.06. The fourth-order valence-electron chi connectivity index (χ4n) is 4.25. The van der Waals surface area contributed by atoms with E-state index in [4.69, 9.17) is 0 Å². The second-order valence-electron chi connectivity index (χ2n) is 6.63. The zero-order valence-corrected chi connectivity index (χ0v) is 12.4. The van der Waals surface area contributed by atoms with Crippen LogP contribution < -0.4 is 5.32 Å². The van der Waals surface area contributed by atoms with Crippen LogP contribution in [0, 0.1) is 11.8 Å². The Morgan fingerprint density at radius 3 is 2.74 bits per heavy atom. The summed E-state index contributed by atoms with van der Waals surface area (Å²) in [4.78, 5) is 0. The van der Waals surface area contributed by atoms with Gasteiger partial charge in [-0.05, 0) is 67.7 Å². The highest BCUT2D eigenvalue weighted by molar-refractivity contribution is 5.35. The summed E-state index contributed by atoms with van der Waals surface area (Å²) < 4.78 is 0. The van der Waals surface area contributed by atoms with Gasteiger partial charge in [0.15, 0.2) is 0 Å². The molecule has 19 heavy (non-hydrogen) atoms. The van der Waals surface area contributed by atoms with Gasteiger partial charge in [-0.15, -0.1) is 0 Å². The van der Waals surface area contributed by atoms with Crippen molar-refractivity contribution in [2.45, 2.75) is 57.9 Å². The van der Waals surface area contributed by atoms with Crippen LogP contribution in [-0.4, -0.2) is 13.1 Å². The minimum absolute atomic E-state index is 0.664. The van der Waals surface area contributed by atoms with Gasteiger partial charge in [-0.3, -0.25) is 0 Å². The molecule has 0 spiro atoms. The van der Waals surface area contributed by atoms with Crippen LogP contribution in [-0.2, 0) is 19.3 Å². The summed E-state index contributed by atoms with van der Waals surface area (Å²) >= 11 is 0. The molecule has 1 saturated carbocycles. The molecule has 0 bridgehead atoms. The summed E-state index contributed by atoms with van der Waals surface area (Å²) in [5, 5.41) is 3.59. The first-order chi connectivity index (χ1) is 9.28. The van der Waals surface area contributed by atoms with Crippen molar-refractivity contribution in [1.29, 1.82) is 0 Å². The molecule has 1 N–H and O–H groups in total. The lowest BCUT2D eigenvalue weighted by Crippen LogP contribution is -2.36. The van der Waals surface area contributed by atoms with Gasteiger partial charge in [-0.2, -0.15) is 0 Å². The van der Waals surface area contributed by atoms with Crippen molar-refractivity contribution in [3.63, 3.8) is 0 Å². The van der Waals surface area contributed by atoms with E-state index in [0.29, 0.717) is 6.04 Å². The summed E-state index contributed by atoms with van der Waals surface area (Å²) in [5.41, 5.74) is 4.75. The number of hydrogen-bond donors (Lipinski definition) is 1. The molecule has 1 fully saturated rings. The standard InChI is InChI=1S/C18H27N/c1-13-5-3-8-17(13)18(19-2)12-14-9-10-15-6-4-7-16(15)11-14/h9-11,13,17-19H,3-8,12H2,1-2H3. The van der Waals surface area contributed by atoms with E-state index in [1.807, 2.05) is 0 Å². The van der Waals surface area contributed by atoms with E-state index in [9.17, 15) is 0 Å². The molecule has 2 aliphatic rings. The van der Waals surface area contributed by atoms with Gasteiger partial charge in [-0.25, -0.2) is 0 Å². The van der Waals surface area contributed by atoms with Crippen molar-refractivity contribution in [1.82, 2.24) is 5.32 Å². The molecular formula is C18H27N. The number of rotatable bonds is 4. The molecule has 104 valence electrons. The Morgan fingerprint density at radius 1 is 1.16 bits per heavy atom. The highest BCUT2D eigenvalue weighted by Gasteiger charge is 2.30. The van der Waals surface area contributed by atoms with Gasteiger partial charge >= 0.3 is 0 Å². The first kappa shape index (κ1) is 13.2. The summed E-state index contributed by atoms with van der Waals surface area (Å²) in [6.45, 7) is 2.44. The molecule has 0 saturated heterocycles. The molecular weight excluding hydrogens is 230 g/mol. The molecule has 1 nitrogen and oxygen atoms in total. The molecule has 0 aromatic heterocycles. The Labute approximate surface area is 117 Å². The van der Waals surface area contributed by atoms with Crippen LogP contribution in [0.25, 0.3) is 0 Å². The Balaban J connectivity index is 1.72. The fraction of sp³-hybridized carbons (Fsp3) is 0.667. The third-order valence-electron chi connectivity index (χ3n) is 5.43. The molecule has 3 unspecified atom stereocenters. The molecule has 3 rings (SSSR count). The zero-order chi connectivity index (χ0) is 13.2. The number of fused-ring (bicyclic) bond motifs is 1. The third kappa shape index (κ3) is 2.72. The van der Waals surface area contributed by atoms with Crippen molar-refractivity contribution in [2.75, 3.05) is 7.05 Å². The number of likely N-dealkylation sites (N-methyl/N-ethyl adjacent to an activating group) is 1. The van der Waals surface area contributed by atoms with Crippen LogP contribution in [0.3, 0.4) is 0 Å². The van der Waals surface area contributed by atoms with Crippen LogP contribution in [0.1, 0.15) is 49.3 Å². The van der Waals surface area contributed by atoms with Gasteiger partial charge in [0.25, 0.3) is 0 Å². The third-order valence-corrected chi connectivity index (χ3v) is 5.43. The molecule has 0 radical (unpaired) electrons. The maximum Gasteiger partial charge on any atom is 0.0135 e. The van der Waals surface area contributed by atoms with Crippen molar-refractivity contribution >= 4 is 0 Å². The maximum atomic E-state index is 3.59. The largest absolute Gasteiger partial charge is 0.316 e. The Bertz CT molecular complexity index is 437. The second-order valence-corrected chi connectivity index (χ2v) is 6.63. The molecule has 1 heteroatoms. The summed E-state index contributed by atoms with van der Waals surface area (Å²) in [5.74, 6) is 1.77. The number of aryl methyl sites for hydroxylation is 2. The minimum Gasteiger partial charge on any atom is -0.316 e. The van der Waals surface area contributed by atoms with Gasteiger partial charge in [-0.1, -0.05) is 38.0 Å². The Morgan fingerprint density at radius 2 is 2.00 bits per heavy atom. The molecule has 0 amide bonds. The van der Waals surface area contributed by atoms with E-state index in [1.165, 1.54) is 44.9 Å². The highest BCUT2D eigenvalue weighted by Crippen LogP contribution is 2.35. The second kappa shape index (κ2) is 5.66. The molecule has 0 aliphatic heterocycles. The predicted octanol–water partition coefficient (Wildman–Crippen LogP) is 3.74. The predicted molar refractivity (Wildman–Crippen MR) is 81.5 cm³/mol. The lowest BCUT2D eigenvalue weighted by molar-refractivity contribution is 0.308. The number of benzene rings is 1. The quantitative estimate of drug-likeness (QED) is 0.866. The van der Waals surface area contributed by atoms with Crippen molar-refractivity contribution in [3.05, 3.63) is 34.9 Å². The zero-order valence-electron chi connectivity index (χ0n) is 12.4. The smallest absolute Gasteiger partial charge is 0.0135 e. The molecule has 2 aliphatic carbocycles. The van der Waals surface area contributed by atoms with E-state index in [2.05, 4.69) is 37.5 Å².